The average Bonchev–Trinajstić information content (AvgIpc) is 3.07. The van der Waals surface area contributed by atoms with Crippen LogP contribution >= 0.6 is 15.9 Å². The van der Waals surface area contributed by atoms with Crippen LogP contribution in [0, 0.1) is 0 Å². The zero-order valence-corrected chi connectivity index (χ0v) is 11.3. The zero-order valence-electron chi connectivity index (χ0n) is 9.74. The molecule has 0 bridgehead atoms. The summed E-state index contributed by atoms with van der Waals surface area (Å²) >= 11 is 3.42. The number of aliphatic hydroxyl groups excluding tert-OH is 1. The number of hydrogen-bond acceptors (Lipinski definition) is 2. The molecular weight excluding hydrogens is 282 g/mol. The Bertz CT molecular complexity index is 427. The molecule has 1 amide bonds. The summed E-state index contributed by atoms with van der Waals surface area (Å²) in [5.41, 5.74) is 0.688. The maximum atomic E-state index is 12.1. The van der Waals surface area contributed by atoms with Crippen molar-refractivity contribution in [3.63, 3.8) is 0 Å². The van der Waals surface area contributed by atoms with E-state index in [0.29, 0.717) is 6.54 Å². The van der Waals surface area contributed by atoms with Crippen molar-refractivity contribution < 1.29 is 9.90 Å². The van der Waals surface area contributed by atoms with Crippen molar-refractivity contribution in [1.29, 1.82) is 0 Å². The van der Waals surface area contributed by atoms with Gasteiger partial charge in [0.25, 0.3) is 0 Å². The molecule has 0 radical (unpaired) electrons. The van der Waals surface area contributed by atoms with E-state index in [4.69, 9.17) is 0 Å². The number of carbonyl (C=O) groups excluding carboxylic acids is 1. The van der Waals surface area contributed by atoms with E-state index in [-0.39, 0.29) is 11.3 Å². The number of hydrogen-bond donors (Lipinski definition) is 2. The number of amides is 1. The van der Waals surface area contributed by atoms with Gasteiger partial charge < -0.3 is 10.4 Å². The van der Waals surface area contributed by atoms with Crippen molar-refractivity contribution in [3.05, 3.63) is 34.3 Å². The molecule has 1 aliphatic carbocycles. The Morgan fingerprint density at radius 3 is 2.82 bits per heavy atom. The average molecular weight is 298 g/mol. The summed E-state index contributed by atoms with van der Waals surface area (Å²) in [5.74, 6) is 0.0245. The Morgan fingerprint density at radius 1 is 1.59 bits per heavy atom. The third-order valence-corrected chi connectivity index (χ3v) is 3.61. The second-order valence-corrected chi connectivity index (χ2v) is 5.57. The lowest BCUT2D eigenvalue weighted by molar-refractivity contribution is -0.124. The van der Waals surface area contributed by atoms with E-state index in [1.807, 2.05) is 24.3 Å². The molecule has 1 unspecified atom stereocenters. The Labute approximate surface area is 109 Å². The van der Waals surface area contributed by atoms with Crippen molar-refractivity contribution in [2.75, 3.05) is 6.54 Å². The highest BCUT2D eigenvalue weighted by Crippen LogP contribution is 2.48. The third-order valence-electron chi connectivity index (χ3n) is 3.12. The third kappa shape index (κ3) is 2.69. The maximum Gasteiger partial charge on any atom is 0.230 e. The molecule has 0 saturated heterocycles. The fraction of sp³-hybridized carbons (Fsp3) is 0.462. The van der Waals surface area contributed by atoms with E-state index < -0.39 is 6.10 Å². The molecule has 92 valence electrons. The largest absolute Gasteiger partial charge is 0.392 e. The van der Waals surface area contributed by atoms with Crippen molar-refractivity contribution in [1.82, 2.24) is 5.32 Å². The van der Waals surface area contributed by atoms with Gasteiger partial charge in [0.1, 0.15) is 0 Å². The monoisotopic (exact) mass is 297 g/mol. The number of nitrogens with one attached hydrogen (secondary N) is 1. The van der Waals surface area contributed by atoms with Crippen LogP contribution < -0.4 is 5.32 Å². The molecule has 1 aromatic rings. The number of rotatable bonds is 4. The van der Waals surface area contributed by atoms with Crippen LogP contribution in [0.2, 0.25) is 0 Å². The molecular formula is C13H16BrNO2. The summed E-state index contributed by atoms with van der Waals surface area (Å²) in [5, 5.41) is 12.0. The Morgan fingerprint density at radius 2 is 2.29 bits per heavy atom. The van der Waals surface area contributed by atoms with Crippen LogP contribution in [0.25, 0.3) is 0 Å². The smallest absolute Gasteiger partial charge is 0.230 e. The van der Waals surface area contributed by atoms with Crippen LogP contribution in [0.15, 0.2) is 28.7 Å². The summed E-state index contributed by atoms with van der Waals surface area (Å²) in [7, 11) is 0. The first kappa shape index (κ1) is 12.6. The van der Waals surface area contributed by atoms with E-state index in [9.17, 15) is 9.90 Å². The summed E-state index contributed by atoms with van der Waals surface area (Å²) in [6.07, 6.45) is 1.27. The van der Waals surface area contributed by atoms with Gasteiger partial charge in [-0.2, -0.15) is 0 Å². The van der Waals surface area contributed by atoms with E-state index in [1.165, 1.54) is 0 Å². The molecule has 1 atom stereocenters. The predicted octanol–water partition coefficient (Wildman–Crippen LogP) is 1.98. The minimum absolute atomic E-state index is 0.0245. The van der Waals surface area contributed by atoms with Crippen molar-refractivity contribution in [2.24, 2.45) is 0 Å². The molecule has 1 fully saturated rings. The normalized spacial score (nSPS) is 18.5. The van der Waals surface area contributed by atoms with Crippen LogP contribution in [0.4, 0.5) is 0 Å². The summed E-state index contributed by atoms with van der Waals surface area (Å²) in [6.45, 7) is 1.98. The van der Waals surface area contributed by atoms with Gasteiger partial charge in [-0.3, -0.25) is 4.79 Å². The Hall–Kier alpha value is -0.870. The highest BCUT2D eigenvalue weighted by atomic mass is 79.9. The van der Waals surface area contributed by atoms with Gasteiger partial charge in [-0.1, -0.05) is 28.1 Å². The summed E-state index contributed by atoms with van der Waals surface area (Å²) in [6, 6.07) is 7.88. The van der Waals surface area contributed by atoms with Gasteiger partial charge in [0, 0.05) is 11.0 Å². The highest BCUT2D eigenvalue weighted by molar-refractivity contribution is 9.10. The van der Waals surface area contributed by atoms with Crippen molar-refractivity contribution in [3.8, 4) is 0 Å². The Balaban J connectivity index is 2.11. The van der Waals surface area contributed by atoms with Crippen LogP contribution in [0.5, 0.6) is 0 Å². The van der Waals surface area contributed by atoms with Crippen molar-refractivity contribution >= 4 is 21.8 Å². The molecule has 17 heavy (non-hydrogen) atoms. The molecule has 4 heteroatoms. The number of carbonyl (C=O) groups is 1. The lowest BCUT2D eigenvalue weighted by Gasteiger charge is -2.16. The SMILES string of the molecule is CC(O)CNC(=O)C1(c2cccc(Br)c2)CC1. The van der Waals surface area contributed by atoms with Gasteiger partial charge in [0.15, 0.2) is 0 Å². The molecule has 2 N–H and O–H groups in total. The fourth-order valence-electron chi connectivity index (χ4n) is 1.97. The van der Waals surface area contributed by atoms with Gasteiger partial charge in [0.2, 0.25) is 5.91 Å². The molecule has 0 heterocycles. The summed E-state index contributed by atoms with van der Waals surface area (Å²) < 4.78 is 0.990. The van der Waals surface area contributed by atoms with E-state index in [0.717, 1.165) is 22.9 Å². The second kappa shape index (κ2) is 4.78. The predicted molar refractivity (Wildman–Crippen MR) is 69.7 cm³/mol. The first-order valence-electron chi connectivity index (χ1n) is 5.77. The van der Waals surface area contributed by atoms with Gasteiger partial charge in [0.05, 0.1) is 11.5 Å². The van der Waals surface area contributed by atoms with E-state index in [1.54, 1.807) is 6.92 Å². The number of benzene rings is 1. The molecule has 2 rings (SSSR count). The van der Waals surface area contributed by atoms with Gasteiger partial charge in [-0.05, 0) is 37.5 Å². The Kier molecular flexibility index (Phi) is 3.54. The van der Waals surface area contributed by atoms with Crippen molar-refractivity contribution in [2.45, 2.75) is 31.3 Å². The molecule has 1 aliphatic rings. The van der Waals surface area contributed by atoms with Gasteiger partial charge in [-0.15, -0.1) is 0 Å². The first-order valence-corrected chi connectivity index (χ1v) is 6.56. The minimum Gasteiger partial charge on any atom is -0.392 e. The quantitative estimate of drug-likeness (QED) is 0.893. The van der Waals surface area contributed by atoms with Gasteiger partial charge >= 0.3 is 0 Å². The maximum absolute atomic E-state index is 12.1. The van der Waals surface area contributed by atoms with E-state index >= 15 is 0 Å². The molecule has 1 saturated carbocycles. The lowest BCUT2D eigenvalue weighted by Crippen LogP contribution is -2.38. The minimum atomic E-state index is -0.503. The standard InChI is InChI=1S/C13H16BrNO2/c1-9(16)8-15-12(17)13(5-6-13)10-3-2-4-11(14)7-10/h2-4,7,9,16H,5-6,8H2,1H3,(H,15,17). The molecule has 0 aliphatic heterocycles. The molecule has 0 spiro atoms. The molecule has 3 nitrogen and oxygen atoms in total. The van der Waals surface area contributed by atoms with Gasteiger partial charge in [-0.25, -0.2) is 0 Å². The molecule has 1 aromatic carbocycles. The fourth-order valence-corrected chi connectivity index (χ4v) is 2.37. The lowest BCUT2D eigenvalue weighted by atomic mass is 9.95. The second-order valence-electron chi connectivity index (χ2n) is 4.65. The summed E-state index contributed by atoms with van der Waals surface area (Å²) in [4.78, 5) is 12.1. The van der Waals surface area contributed by atoms with E-state index in [2.05, 4.69) is 21.2 Å². The zero-order chi connectivity index (χ0) is 12.5. The topological polar surface area (TPSA) is 49.3 Å². The van der Waals surface area contributed by atoms with Crippen LogP contribution in [-0.2, 0) is 10.2 Å². The first-order chi connectivity index (χ1) is 8.04. The number of aliphatic hydroxyl groups is 1. The van der Waals surface area contributed by atoms with Crippen LogP contribution in [0.1, 0.15) is 25.3 Å². The molecule has 0 aromatic heterocycles. The van der Waals surface area contributed by atoms with Crippen LogP contribution in [0.3, 0.4) is 0 Å². The highest BCUT2D eigenvalue weighted by Gasteiger charge is 2.51. The van der Waals surface area contributed by atoms with Crippen LogP contribution in [-0.4, -0.2) is 23.7 Å². The number of halogens is 1.